The predicted octanol–water partition coefficient (Wildman–Crippen LogP) is 1.41. The van der Waals surface area contributed by atoms with Gasteiger partial charge in [-0.2, -0.15) is 5.26 Å². The summed E-state index contributed by atoms with van der Waals surface area (Å²) < 4.78 is 9.93. The predicted molar refractivity (Wildman–Crippen MR) is 79.4 cm³/mol. The van der Waals surface area contributed by atoms with Crippen LogP contribution in [-0.4, -0.2) is 31.6 Å². The molecule has 0 aliphatic rings. The molecule has 0 aliphatic heterocycles. The van der Waals surface area contributed by atoms with Crippen LogP contribution in [0.4, 0.5) is 0 Å². The number of benzene rings is 1. The zero-order valence-electron chi connectivity index (χ0n) is 12.7. The summed E-state index contributed by atoms with van der Waals surface area (Å²) in [6, 6.07) is 10.6. The fourth-order valence-electron chi connectivity index (χ4n) is 1.83. The first-order valence-electron chi connectivity index (χ1n) is 6.95. The van der Waals surface area contributed by atoms with Gasteiger partial charge >= 0.3 is 5.97 Å². The molecule has 6 nitrogen and oxygen atoms in total. The minimum Gasteiger partial charge on any atom is -0.467 e. The zero-order valence-corrected chi connectivity index (χ0v) is 12.7. The van der Waals surface area contributed by atoms with E-state index in [0.717, 1.165) is 5.56 Å². The molecule has 1 aromatic carbocycles. The highest BCUT2D eigenvalue weighted by Crippen LogP contribution is 2.06. The maximum absolute atomic E-state index is 11.8. The number of hydrogen-bond acceptors (Lipinski definition) is 5. The summed E-state index contributed by atoms with van der Waals surface area (Å²) in [7, 11) is 1.24. The molecule has 6 heteroatoms. The Morgan fingerprint density at radius 2 is 2.00 bits per heavy atom. The molecule has 0 unspecified atom stereocenters. The lowest BCUT2D eigenvalue weighted by Crippen LogP contribution is -2.44. The van der Waals surface area contributed by atoms with Gasteiger partial charge in [0.15, 0.2) is 0 Å². The average Bonchev–Trinajstić information content (AvgIpc) is 2.54. The molecule has 118 valence electrons. The first kappa shape index (κ1) is 17.7. The number of rotatable bonds is 8. The SMILES string of the molecule is COC(=O)[C@H](C[C@H](C)C#N)NC(=O)COCc1ccccc1. The highest BCUT2D eigenvalue weighted by Gasteiger charge is 2.23. The third-order valence-corrected chi connectivity index (χ3v) is 2.98. The Kier molecular flexibility index (Phi) is 7.65. The summed E-state index contributed by atoms with van der Waals surface area (Å²) in [5.74, 6) is -1.36. The van der Waals surface area contributed by atoms with Crippen molar-refractivity contribution in [2.75, 3.05) is 13.7 Å². The van der Waals surface area contributed by atoms with Crippen LogP contribution in [0.2, 0.25) is 0 Å². The molecule has 0 aromatic heterocycles. The van der Waals surface area contributed by atoms with Gasteiger partial charge in [0, 0.05) is 5.92 Å². The number of nitrogens with zero attached hydrogens (tertiary/aromatic N) is 1. The third kappa shape index (κ3) is 6.37. The van der Waals surface area contributed by atoms with Gasteiger partial charge in [0.05, 0.1) is 19.8 Å². The molecule has 0 saturated carbocycles. The van der Waals surface area contributed by atoms with Crippen LogP contribution in [0.5, 0.6) is 0 Å². The van der Waals surface area contributed by atoms with Gasteiger partial charge in [-0.05, 0) is 18.9 Å². The monoisotopic (exact) mass is 304 g/mol. The molecule has 0 aliphatic carbocycles. The normalized spacial score (nSPS) is 12.8. The van der Waals surface area contributed by atoms with Crippen LogP contribution >= 0.6 is 0 Å². The van der Waals surface area contributed by atoms with E-state index >= 15 is 0 Å². The van der Waals surface area contributed by atoms with Gasteiger partial charge in [0.2, 0.25) is 5.91 Å². The Morgan fingerprint density at radius 3 is 2.59 bits per heavy atom. The minimum atomic E-state index is -0.840. The van der Waals surface area contributed by atoms with Crippen LogP contribution in [-0.2, 0) is 25.7 Å². The van der Waals surface area contributed by atoms with Crippen LogP contribution in [0.25, 0.3) is 0 Å². The van der Waals surface area contributed by atoms with Crippen molar-refractivity contribution in [3.63, 3.8) is 0 Å². The smallest absolute Gasteiger partial charge is 0.328 e. The van der Waals surface area contributed by atoms with E-state index in [2.05, 4.69) is 10.1 Å². The lowest BCUT2D eigenvalue weighted by atomic mass is 10.0. The van der Waals surface area contributed by atoms with Gasteiger partial charge in [-0.3, -0.25) is 4.79 Å². The number of carbonyl (C=O) groups is 2. The van der Waals surface area contributed by atoms with Crippen LogP contribution < -0.4 is 5.32 Å². The maximum Gasteiger partial charge on any atom is 0.328 e. The molecule has 0 radical (unpaired) electrons. The fourth-order valence-corrected chi connectivity index (χ4v) is 1.83. The molecule has 0 bridgehead atoms. The number of nitriles is 1. The lowest BCUT2D eigenvalue weighted by molar-refractivity contribution is -0.146. The Labute approximate surface area is 130 Å². The largest absolute Gasteiger partial charge is 0.467 e. The molecule has 0 fully saturated rings. The van der Waals surface area contributed by atoms with Gasteiger partial charge in [-0.25, -0.2) is 4.79 Å². The van der Waals surface area contributed by atoms with E-state index in [1.807, 2.05) is 36.4 Å². The summed E-state index contributed by atoms with van der Waals surface area (Å²) in [5.41, 5.74) is 0.956. The lowest BCUT2D eigenvalue weighted by Gasteiger charge is -2.17. The highest BCUT2D eigenvalue weighted by molar-refractivity contribution is 5.85. The van der Waals surface area contributed by atoms with Gasteiger partial charge in [0.25, 0.3) is 0 Å². The number of esters is 1. The summed E-state index contributed by atoms with van der Waals surface area (Å²) >= 11 is 0. The van der Waals surface area contributed by atoms with E-state index in [1.54, 1.807) is 6.92 Å². The summed E-state index contributed by atoms with van der Waals surface area (Å²) in [6.45, 7) is 1.82. The topological polar surface area (TPSA) is 88.4 Å². The van der Waals surface area contributed by atoms with E-state index in [4.69, 9.17) is 10.00 Å². The Hall–Kier alpha value is -2.39. The van der Waals surface area contributed by atoms with Gasteiger partial charge in [-0.1, -0.05) is 30.3 Å². The quantitative estimate of drug-likeness (QED) is 0.734. The fraction of sp³-hybridized carbons (Fsp3) is 0.438. The van der Waals surface area contributed by atoms with Crippen molar-refractivity contribution >= 4 is 11.9 Å². The molecule has 0 heterocycles. The number of hydrogen-bond donors (Lipinski definition) is 1. The van der Waals surface area contributed by atoms with E-state index in [9.17, 15) is 9.59 Å². The molecule has 2 atom stereocenters. The van der Waals surface area contributed by atoms with Gasteiger partial charge in [0.1, 0.15) is 12.6 Å². The van der Waals surface area contributed by atoms with E-state index in [-0.39, 0.29) is 18.9 Å². The standard InChI is InChI=1S/C16H20N2O4/c1-12(9-17)8-14(16(20)21-2)18-15(19)11-22-10-13-6-4-3-5-7-13/h3-7,12,14H,8,10-11H2,1-2H3,(H,18,19)/t12-,14-/m0/s1. The highest BCUT2D eigenvalue weighted by atomic mass is 16.5. The summed E-state index contributed by atoms with van der Waals surface area (Å²) in [5, 5.41) is 11.3. The van der Waals surface area contributed by atoms with Crippen molar-refractivity contribution in [2.24, 2.45) is 5.92 Å². The van der Waals surface area contributed by atoms with Crippen molar-refractivity contribution in [1.82, 2.24) is 5.32 Å². The van der Waals surface area contributed by atoms with E-state index in [1.165, 1.54) is 7.11 Å². The summed E-state index contributed by atoms with van der Waals surface area (Å²) in [6.07, 6.45) is 0.202. The molecular formula is C16H20N2O4. The van der Waals surface area contributed by atoms with Crippen LogP contribution in [0.1, 0.15) is 18.9 Å². The van der Waals surface area contributed by atoms with Crippen molar-refractivity contribution in [1.29, 1.82) is 5.26 Å². The Bertz CT molecular complexity index is 525. The molecule has 1 aromatic rings. The molecule has 1 rings (SSSR count). The number of methoxy groups -OCH3 is 1. The first-order chi connectivity index (χ1) is 10.6. The molecule has 0 saturated heterocycles. The second-order valence-electron chi connectivity index (χ2n) is 4.89. The third-order valence-electron chi connectivity index (χ3n) is 2.98. The second-order valence-corrected chi connectivity index (χ2v) is 4.89. The van der Waals surface area contributed by atoms with Crippen molar-refractivity contribution < 1.29 is 19.1 Å². The number of amides is 1. The van der Waals surface area contributed by atoms with Gasteiger partial charge in [-0.15, -0.1) is 0 Å². The molecule has 22 heavy (non-hydrogen) atoms. The maximum atomic E-state index is 11.8. The number of ether oxygens (including phenoxy) is 2. The van der Waals surface area contributed by atoms with Crippen LogP contribution in [0, 0.1) is 17.2 Å². The Balaban J connectivity index is 2.42. The number of nitrogens with one attached hydrogen (secondary N) is 1. The molecule has 1 N–H and O–H groups in total. The molecule has 1 amide bonds. The molecular weight excluding hydrogens is 284 g/mol. The molecule has 0 spiro atoms. The summed E-state index contributed by atoms with van der Waals surface area (Å²) in [4.78, 5) is 23.4. The van der Waals surface area contributed by atoms with Gasteiger partial charge < -0.3 is 14.8 Å². The van der Waals surface area contributed by atoms with Crippen LogP contribution in [0.15, 0.2) is 30.3 Å². The average molecular weight is 304 g/mol. The second kappa shape index (κ2) is 9.53. The van der Waals surface area contributed by atoms with Crippen molar-refractivity contribution in [3.8, 4) is 6.07 Å². The minimum absolute atomic E-state index is 0.163. The van der Waals surface area contributed by atoms with Crippen molar-refractivity contribution in [2.45, 2.75) is 26.0 Å². The number of carbonyl (C=O) groups excluding carboxylic acids is 2. The first-order valence-corrected chi connectivity index (χ1v) is 6.95. The van der Waals surface area contributed by atoms with E-state index < -0.39 is 17.9 Å². The van der Waals surface area contributed by atoms with Crippen molar-refractivity contribution in [3.05, 3.63) is 35.9 Å². The van der Waals surface area contributed by atoms with E-state index in [0.29, 0.717) is 6.61 Å². The van der Waals surface area contributed by atoms with Crippen LogP contribution in [0.3, 0.4) is 0 Å². The zero-order chi connectivity index (χ0) is 16.4. The Morgan fingerprint density at radius 1 is 1.32 bits per heavy atom.